The highest BCUT2D eigenvalue weighted by Gasteiger charge is 2.59. The number of aliphatic hydroxyl groups is 20. The minimum Gasteiger partial charge on any atom is -0.403 e. The Bertz CT molecular complexity index is 2010. The van der Waals surface area contributed by atoms with Gasteiger partial charge in [-0.3, -0.25) is 0 Å². The molecule has 82 heavy (non-hydrogen) atoms. The van der Waals surface area contributed by atoms with Gasteiger partial charge < -0.3 is 179 Å². The van der Waals surface area contributed by atoms with Gasteiger partial charge in [0.1, 0.15) is 165 Å². The number of nitrogens with two attached hydrogens (primary N) is 1. The average Bonchev–Trinajstić information content (AvgIpc) is 2.82. The van der Waals surface area contributed by atoms with E-state index in [1.807, 2.05) is 0 Å². The van der Waals surface area contributed by atoms with E-state index in [1.54, 1.807) is 0 Å². The molecule has 21 fully saturated rings. The van der Waals surface area contributed by atoms with Crippen LogP contribution < -0.4 is 11.1 Å². The first kappa shape index (κ1) is 65.7. The standard InChI is InChI=1S/C46H76N2O34/c47-3-5-48-4-1-2-12-33-19(55)26(62)40(69-12)77-34-13(6-49)71-42(28(64)21(34)57)79-36-15(8-51)73-44(30(66)23(36)59)81-38-17(10-53)75-46(32(68)25(38)61)82-39-18(11-54)74-45(31(67)24(39)60)80-37-16(9-52)72-43(29(65)22(37)58)78-35-14(7-50)70-41(76-33)27(63)20(35)56/h1,3-5,12-46,48-68H,2,6-11,47H2/b4-1+,5-3+/t12-,13-,14-,15-,16-,17-,18-,19-,20-,21-,22-,23-,24-,25-,26-,27-,28-,29-,30-,31-,32-,33-,34-,35-,36-,37-,38-,39-,40-,41-,42-,43-,44-,45-,46-/m1/s1. The summed E-state index contributed by atoms with van der Waals surface area (Å²) in [5.41, 5.74) is 5.39. The molecule has 35 atom stereocenters. The van der Waals surface area contributed by atoms with E-state index in [2.05, 4.69) is 5.32 Å². The molecule has 23 N–H and O–H groups in total. The molecule has 21 aliphatic heterocycles. The first-order valence-electron chi connectivity index (χ1n) is 26.3. The summed E-state index contributed by atoms with van der Waals surface area (Å²) in [6.45, 7) is -6.24. The Hall–Kier alpha value is -2.28. The van der Waals surface area contributed by atoms with Crippen molar-refractivity contribution in [3.05, 3.63) is 24.7 Å². The minimum absolute atomic E-state index is 0.250. The zero-order chi connectivity index (χ0) is 59.6. The molecule has 14 bridgehead atoms. The summed E-state index contributed by atoms with van der Waals surface area (Å²) in [7, 11) is 0. The van der Waals surface area contributed by atoms with Gasteiger partial charge in [0.15, 0.2) is 44.0 Å². The smallest absolute Gasteiger partial charge is 0.187 e. The highest BCUT2D eigenvalue weighted by atomic mass is 16.8. The molecule has 0 radical (unpaired) electrons. The van der Waals surface area contributed by atoms with E-state index in [1.165, 1.54) is 18.5 Å². The third-order valence-corrected chi connectivity index (χ3v) is 15.4. The normalized spacial score (nSPS) is 52.9. The van der Waals surface area contributed by atoms with Crippen LogP contribution in [0.5, 0.6) is 0 Å². The van der Waals surface area contributed by atoms with Crippen molar-refractivity contribution in [1.82, 2.24) is 5.32 Å². The number of hydrogen-bond acceptors (Lipinski definition) is 36. The molecular weight excluding hydrogens is 1120 g/mol. The molecule has 0 unspecified atom stereocenters. The van der Waals surface area contributed by atoms with Gasteiger partial charge in [0.2, 0.25) is 0 Å². The van der Waals surface area contributed by atoms with Crippen molar-refractivity contribution in [2.45, 2.75) is 221 Å². The molecule has 474 valence electrons. The fraction of sp³-hybridized carbons (Fsp3) is 0.913. The summed E-state index contributed by atoms with van der Waals surface area (Å²) in [4.78, 5) is 0. The molecule has 36 heteroatoms. The van der Waals surface area contributed by atoms with Crippen LogP contribution in [-0.4, -0.2) is 357 Å². The largest absolute Gasteiger partial charge is 0.403 e. The summed E-state index contributed by atoms with van der Waals surface area (Å²) in [6, 6.07) is 0. The summed E-state index contributed by atoms with van der Waals surface area (Å²) in [5.74, 6) is 0. The maximum atomic E-state index is 11.7. The van der Waals surface area contributed by atoms with Crippen LogP contribution in [0, 0.1) is 0 Å². The van der Waals surface area contributed by atoms with Crippen molar-refractivity contribution in [1.29, 1.82) is 0 Å². The third-order valence-electron chi connectivity index (χ3n) is 15.4. The van der Waals surface area contributed by atoms with Gasteiger partial charge >= 0.3 is 0 Å². The zero-order valence-electron chi connectivity index (χ0n) is 43.2. The van der Waals surface area contributed by atoms with Crippen molar-refractivity contribution >= 4 is 0 Å². The minimum atomic E-state index is -2.21. The van der Waals surface area contributed by atoms with Crippen molar-refractivity contribution in [3.8, 4) is 0 Å². The molecule has 21 saturated heterocycles. The molecule has 0 spiro atoms. The Morgan fingerprint density at radius 3 is 0.622 bits per heavy atom. The van der Waals surface area contributed by atoms with E-state index < -0.39 is 255 Å². The van der Waals surface area contributed by atoms with E-state index in [0.717, 1.165) is 6.20 Å². The number of rotatable bonds is 10. The van der Waals surface area contributed by atoms with Gasteiger partial charge in [0, 0.05) is 12.4 Å². The van der Waals surface area contributed by atoms with Crippen molar-refractivity contribution in [2.24, 2.45) is 5.73 Å². The zero-order valence-corrected chi connectivity index (χ0v) is 43.2. The van der Waals surface area contributed by atoms with Crippen molar-refractivity contribution < 1.29 is 168 Å². The van der Waals surface area contributed by atoms with Gasteiger partial charge in [-0.05, 0) is 12.6 Å². The van der Waals surface area contributed by atoms with Crippen LogP contribution >= 0.6 is 0 Å². The van der Waals surface area contributed by atoms with Crippen LogP contribution in [0.4, 0.5) is 0 Å². The lowest BCUT2D eigenvalue weighted by Gasteiger charge is -2.50. The second kappa shape index (κ2) is 28.7. The van der Waals surface area contributed by atoms with Crippen molar-refractivity contribution in [2.75, 3.05) is 39.6 Å². The predicted octanol–water partition coefficient (Wildman–Crippen LogP) is -14.3. The Labute approximate surface area is 464 Å². The average molecular weight is 1200 g/mol. The van der Waals surface area contributed by atoms with Gasteiger partial charge in [-0.1, -0.05) is 6.08 Å². The Morgan fingerprint density at radius 2 is 0.439 bits per heavy atom. The molecule has 36 nitrogen and oxygen atoms in total. The summed E-state index contributed by atoms with van der Waals surface area (Å²) < 4.78 is 80.9. The Morgan fingerprint density at radius 1 is 0.256 bits per heavy atom. The van der Waals surface area contributed by atoms with Gasteiger partial charge in [0.05, 0.1) is 45.7 Å². The SMILES string of the molecule is N/C=C/N/C=C/C[C@H]1O[C@@H]2O[C@H]3[C@H](O)[C@@H](O)[C@@H](O[C@H]4[C@H](O)[C@@H](O)[C@@H](O[C@H]5[C@H](O)[C@@H](O)[C@@H](O[C@H]6[C@H](O)[C@@H](O)[C@@H](O[C@H]7[C@H](O)[C@@H](O)[C@@H](O[C@H]8[C@H](O)[C@@H](O)[C@@H](O[C@H]1[C@H](O)[C@H]2O)O[C@@H]8CO)O[C@@H]7CO)O[C@@H]6CO)O[C@@H]5CO)O[C@@H]4CO)O[C@@H]3CO. The molecule has 0 amide bonds. The van der Waals surface area contributed by atoms with Crippen LogP contribution in [0.1, 0.15) is 6.42 Å². The van der Waals surface area contributed by atoms with Gasteiger partial charge in [-0.2, -0.15) is 0 Å². The van der Waals surface area contributed by atoms with Crippen LogP contribution in [0.25, 0.3) is 0 Å². The molecule has 21 rings (SSSR count). The lowest BCUT2D eigenvalue weighted by Crippen LogP contribution is -2.68. The lowest BCUT2D eigenvalue weighted by atomic mass is 9.94. The highest BCUT2D eigenvalue weighted by molar-refractivity contribution is 5.03. The maximum Gasteiger partial charge on any atom is 0.187 e. The molecule has 0 aliphatic carbocycles. The van der Waals surface area contributed by atoms with Crippen LogP contribution in [-0.2, 0) is 66.3 Å². The third kappa shape index (κ3) is 13.4. The second-order valence-corrected chi connectivity index (χ2v) is 20.6. The van der Waals surface area contributed by atoms with Gasteiger partial charge in [-0.25, -0.2) is 0 Å². The fourth-order valence-electron chi connectivity index (χ4n) is 10.8. The van der Waals surface area contributed by atoms with Crippen LogP contribution in [0.2, 0.25) is 0 Å². The molecular formula is C46H76N2O34. The highest BCUT2D eigenvalue weighted by Crippen LogP contribution is 2.39. The first-order chi connectivity index (χ1) is 39.2. The Balaban J connectivity index is 1.10. The van der Waals surface area contributed by atoms with Crippen molar-refractivity contribution in [3.63, 3.8) is 0 Å². The lowest BCUT2D eigenvalue weighted by molar-refractivity contribution is -0.396. The number of ether oxygens (including phenoxy) is 14. The van der Waals surface area contributed by atoms with E-state index >= 15 is 0 Å². The summed E-state index contributed by atoms with van der Waals surface area (Å²) in [5, 5.41) is 225. The molecule has 0 saturated carbocycles. The maximum absolute atomic E-state index is 11.7. The van der Waals surface area contributed by atoms with E-state index in [4.69, 9.17) is 72.0 Å². The van der Waals surface area contributed by atoms with E-state index in [-0.39, 0.29) is 6.42 Å². The quantitative estimate of drug-likeness (QED) is 0.0966. The fourth-order valence-corrected chi connectivity index (χ4v) is 10.8. The molecule has 0 aromatic heterocycles. The number of nitrogens with one attached hydrogen (secondary N) is 1. The molecule has 21 aliphatic rings. The topological polar surface area (TPSA) is 572 Å². The van der Waals surface area contributed by atoms with E-state index in [0.29, 0.717) is 0 Å². The monoisotopic (exact) mass is 1200 g/mol. The van der Waals surface area contributed by atoms with E-state index in [9.17, 15) is 102 Å². The molecule has 21 heterocycles. The summed E-state index contributed by atoms with van der Waals surface area (Å²) in [6.07, 6.45) is -64.4. The Kier molecular flexibility index (Phi) is 23.0. The molecule has 0 aromatic rings. The summed E-state index contributed by atoms with van der Waals surface area (Å²) >= 11 is 0. The van der Waals surface area contributed by atoms with Gasteiger partial charge in [-0.15, -0.1) is 0 Å². The van der Waals surface area contributed by atoms with Crippen LogP contribution in [0.15, 0.2) is 24.7 Å². The number of hydrogen-bond donors (Lipinski definition) is 22. The first-order valence-corrected chi connectivity index (χ1v) is 26.3. The van der Waals surface area contributed by atoms with Crippen LogP contribution in [0.3, 0.4) is 0 Å². The van der Waals surface area contributed by atoms with Gasteiger partial charge in [0.25, 0.3) is 0 Å². The number of aliphatic hydroxyl groups excluding tert-OH is 20. The predicted molar refractivity (Wildman–Crippen MR) is 252 cm³/mol. The molecule has 0 aromatic carbocycles. The second-order valence-electron chi connectivity index (χ2n) is 20.6.